The fraction of sp³-hybridized carbons (Fsp3) is 0.200. The average Bonchev–Trinajstić information content (AvgIpc) is 2.73. The normalized spacial score (nSPS) is 11.8. The van der Waals surface area contributed by atoms with E-state index in [0.29, 0.717) is 32.1 Å². The lowest BCUT2D eigenvalue weighted by Crippen LogP contribution is -2.14. The van der Waals surface area contributed by atoms with Crippen LogP contribution in [0, 0.1) is 18.3 Å². The lowest BCUT2D eigenvalue weighted by atomic mass is 9.91. The van der Waals surface area contributed by atoms with Crippen LogP contribution in [-0.4, -0.2) is 11.2 Å². The number of hydrogen-bond donors (Lipinski definition) is 1. The molecule has 0 aliphatic rings. The molecule has 0 aromatic heterocycles. The van der Waals surface area contributed by atoms with Crippen molar-refractivity contribution in [1.29, 1.82) is 5.26 Å². The average molecular weight is 469 g/mol. The molecular weight excluding hydrogens is 447 g/mol. The van der Waals surface area contributed by atoms with E-state index in [2.05, 4.69) is 25.2 Å². The molecule has 3 rings (SSSR count). The second kappa shape index (κ2) is 10.2. The standard InChI is InChI=1S/C25H22Cl2N2OS/c1-15(2)31-24-7-5-4-6-19(24)25(30)29-23-13-22(27)20(12-16(23)3)21(14-28)17-8-10-18(26)11-9-17/h4-13,15,21H,1-3H3,(H,29,30). The van der Waals surface area contributed by atoms with Gasteiger partial charge in [0.15, 0.2) is 0 Å². The summed E-state index contributed by atoms with van der Waals surface area (Å²) in [6, 6.07) is 20.6. The molecule has 0 spiro atoms. The molecule has 31 heavy (non-hydrogen) atoms. The number of nitrogens with one attached hydrogen (secondary N) is 1. The molecule has 0 heterocycles. The quantitative estimate of drug-likeness (QED) is 0.376. The van der Waals surface area contributed by atoms with Crippen molar-refractivity contribution in [3.05, 3.63) is 93.0 Å². The Morgan fingerprint density at radius 1 is 1.06 bits per heavy atom. The summed E-state index contributed by atoms with van der Waals surface area (Å²) in [4.78, 5) is 13.9. The number of halogens is 2. The zero-order chi connectivity index (χ0) is 22.5. The minimum absolute atomic E-state index is 0.190. The maximum Gasteiger partial charge on any atom is 0.256 e. The summed E-state index contributed by atoms with van der Waals surface area (Å²) >= 11 is 14.2. The Labute approximate surface area is 197 Å². The largest absolute Gasteiger partial charge is 0.322 e. The van der Waals surface area contributed by atoms with Gasteiger partial charge < -0.3 is 5.32 Å². The molecule has 1 unspecified atom stereocenters. The van der Waals surface area contributed by atoms with Gasteiger partial charge >= 0.3 is 0 Å². The number of hydrogen-bond acceptors (Lipinski definition) is 3. The highest BCUT2D eigenvalue weighted by Crippen LogP contribution is 2.35. The fourth-order valence-electron chi connectivity index (χ4n) is 3.24. The Morgan fingerprint density at radius 2 is 1.74 bits per heavy atom. The van der Waals surface area contributed by atoms with Crippen LogP contribution in [0.2, 0.25) is 10.0 Å². The van der Waals surface area contributed by atoms with Crippen LogP contribution in [0.3, 0.4) is 0 Å². The Balaban J connectivity index is 1.90. The summed E-state index contributed by atoms with van der Waals surface area (Å²) in [6.45, 7) is 6.07. The topological polar surface area (TPSA) is 52.9 Å². The Kier molecular flexibility index (Phi) is 7.67. The van der Waals surface area contributed by atoms with Crippen LogP contribution in [0.15, 0.2) is 65.6 Å². The monoisotopic (exact) mass is 468 g/mol. The minimum Gasteiger partial charge on any atom is -0.322 e. The highest BCUT2D eigenvalue weighted by atomic mass is 35.5. The number of amides is 1. The Bertz CT molecular complexity index is 1140. The van der Waals surface area contributed by atoms with E-state index in [-0.39, 0.29) is 5.91 Å². The van der Waals surface area contributed by atoms with Gasteiger partial charge in [-0.3, -0.25) is 4.79 Å². The number of carbonyl (C=O) groups excluding carboxylic acids is 1. The molecule has 0 radical (unpaired) electrons. The first-order chi connectivity index (χ1) is 14.8. The van der Waals surface area contributed by atoms with Crippen LogP contribution in [-0.2, 0) is 0 Å². The molecule has 0 aliphatic heterocycles. The van der Waals surface area contributed by atoms with Crippen LogP contribution >= 0.6 is 35.0 Å². The van der Waals surface area contributed by atoms with Crippen LogP contribution < -0.4 is 5.32 Å². The maximum absolute atomic E-state index is 13.0. The van der Waals surface area contributed by atoms with E-state index in [1.165, 1.54) is 0 Å². The molecule has 3 aromatic rings. The molecule has 3 aromatic carbocycles. The van der Waals surface area contributed by atoms with Gasteiger partial charge in [-0.1, -0.05) is 67.4 Å². The van der Waals surface area contributed by atoms with Gasteiger partial charge in [0.2, 0.25) is 0 Å². The van der Waals surface area contributed by atoms with E-state index in [4.69, 9.17) is 23.2 Å². The summed E-state index contributed by atoms with van der Waals surface area (Å²) in [5, 5.41) is 14.1. The van der Waals surface area contributed by atoms with Gasteiger partial charge in [0.25, 0.3) is 5.91 Å². The SMILES string of the molecule is Cc1cc(C(C#N)c2ccc(Cl)cc2)c(Cl)cc1NC(=O)c1ccccc1SC(C)C. The fourth-order valence-corrected chi connectivity index (χ4v) is 4.59. The zero-order valence-corrected chi connectivity index (χ0v) is 19.8. The van der Waals surface area contributed by atoms with E-state index in [9.17, 15) is 10.1 Å². The minimum atomic E-state index is -0.531. The van der Waals surface area contributed by atoms with E-state index < -0.39 is 5.92 Å². The third kappa shape index (κ3) is 5.62. The first-order valence-electron chi connectivity index (χ1n) is 9.82. The predicted octanol–water partition coefficient (Wildman–Crippen LogP) is 7.71. The molecule has 1 atom stereocenters. The second-order valence-corrected chi connectivity index (χ2v) is 9.88. The van der Waals surface area contributed by atoms with Crippen molar-refractivity contribution in [3.8, 4) is 6.07 Å². The van der Waals surface area contributed by atoms with Crippen molar-refractivity contribution >= 4 is 46.6 Å². The number of nitrogens with zero attached hydrogens (tertiary/aromatic N) is 1. The van der Waals surface area contributed by atoms with E-state index >= 15 is 0 Å². The number of anilines is 1. The molecule has 1 N–H and O–H groups in total. The summed E-state index contributed by atoms with van der Waals surface area (Å²) in [6.07, 6.45) is 0. The second-order valence-electron chi connectivity index (χ2n) is 7.42. The first kappa shape index (κ1) is 23.2. The molecule has 0 bridgehead atoms. The predicted molar refractivity (Wildman–Crippen MR) is 130 cm³/mol. The van der Waals surface area contributed by atoms with Crippen molar-refractivity contribution in [2.24, 2.45) is 0 Å². The Morgan fingerprint density at radius 3 is 2.39 bits per heavy atom. The van der Waals surface area contributed by atoms with Gasteiger partial charge in [-0.15, -0.1) is 11.8 Å². The molecule has 0 fully saturated rings. The summed E-state index contributed by atoms with van der Waals surface area (Å²) < 4.78 is 0. The van der Waals surface area contributed by atoms with Crippen molar-refractivity contribution in [2.45, 2.75) is 36.8 Å². The Hall–Kier alpha value is -2.45. The summed E-state index contributed by atoms with van der Waals surface area (Å²) in [5.74, 6) is -0.721. The van der Waals surface area contributed by atoms with Crippen molar-refractivity contribution in [2.75, 3.05) is 5.32 Å². The van der Waals surface area contributed by atoms with Gasteiger partial charge in [-0.25, -0.2) is 0 Å². The van der Waals surface area contributed by atoms with E-state index in [1.54, 1.807) is 30.0 Å². The lowest BCUT2D eigenvalue weighted by Gasteiger charge is -2.17. The summed E-state index contributed by atoms with van der Waals surface area (Å²) in [5.41, 5.74) is 3.58. The number of carbonyl (C=O) groups is 1. The molecular formula is C25H22Cl2N2OS. The van der Waals surface area contributed by atoms with Gasteiger partial charge in [-0.05, 0) is 53.9 Å². The van der Waals surface area contributed by atoms with Crippen molar-refractivity contribution in [3.63, 3.8) is 0 Å². The zero-order valence-electron chi connectivity index (χ0n) is 17.4. The van der Waals surface area contributed by atoms with Crippen LogP contribution in [0.5, 0.6) is 0 Å². The molecule has 0 aliphatic carbocycles. The summed E-state index contributed by atoms with van der Waals surface area (Å²) in [7, 11) is 0. The number of benzene rings is 3. The number of rotatable bonds is 6. The smallest absolute Gasteiger partial charge is 0.256 e. The van der Waals surface area contributed by atoms with Crippen molar-refractivity contribution < 1.29 is 4.79 Å². The highest BCUT2D eigenvalue weighted by Gasteiger charge is 2.20. The maximum atomic E-state index is 13.0. The van der Waals surface area contributed by atoms with Gasteiger partial charge in [0.1, 0.15) is 0 Å². The highest BCUT2D eigenvalue weighted by molar-refractivity contribution is 8.00. The number of nitriles is 1. The molecule has 3 nitrogen and oxygen atoms in total. The van der Waals surface area contributed by atoms with Gasteiger partial charge in [0.05, 0.1) is 17.6 Å². The lowest BCUT2D eigenvalue weighted by molar-refractivity contribution is 0.102. The first-order valence-corrected chi connectivity index (χ1v) is 11.5. The molecule has 1 amide bonds. The van der Waals surface area contributed by atoms with Crippen molar-refractivity contribution in [1.82, 2.24) is 0 Å². The van der Waals surface area contributed by atoms with Crippen LogP contribution in [0.25, 0.3) is 0 Å². The van der Waals surface area contributed by atoms with E-state index in [0.717, 1.165) is 16.0 Å². The van der Waals surface area contributed by atoms with Gasteiger partial charge in [0, 0.05) is 25.9 Å². The van der Waals surface area contributed by atoms with Gasteiger partial charge in [-0.2, -0.15) is 5.26 Å². The number of thioether (sulfide) groups is 1. The van der Waals surface area contributed by atoms with Crippen LogP contribution in [0.1, 0.15) is 46.8 Å². The third-order valence-corrected chi connectivity index (χ3v) is 6.39. The van der Waals surface area contributed by atoms with E-state index in [1.807, 2.05) is 49.4 Å². The molecule has 0 saturated heterocycles. The molecule has 0 saturated carbocycles. The van der Waals surface area contributed by atoms with Crippen LogP contribution in [0.4, 0.5) is 5.69 Å². The molecule has 6 heteroatoms. The molecule has 158 valence electrons. The number of aryl methyl sites for hydroxylation is 1. The third-order valence-electron chi connectivity index (χ3n) is 4.73.